The van der Waals surface area contributed by atoms with Gasteiger partial charge in [-0.25, -0.2) is 4.98 Å². The molecule has 0 bridgehead atoms. The highest BCUT2D eigenvalue weighted by atomic mass is 16.5. The Morgan fingerprint density at radius 2 is 2.14 bits per heavy atom. The van der Waals surface area contributed by atoms with Crippen molar-refractivity contribution in [3.8, 4) is 5.88 Å². The minimum absolute atomic E-state index is 0.153. The summed E-state index contributed by atoms with van der Waals surface area (Å²) in [7, 11) is 0. The standard InChI is InChI=1S/C15H18N2O4/c18-14(17-7-5-11(9-17)15(19)20)10-4-6-16-13(8-10)21-12-2-1-3-12/h4,6,8,11-12H,1-3,5,7,9H2,(H,19,20). The summed E-state index contributed by atoms with van der Waals surface area (Å²) in [5, 5.41) is 8.99. The van der Waals surface area contributed by atoms with Gasteiger partial charge in [0.15, 0.2) is 0 Å². The molecule has 0 aromatic carbocycles. The zero-order chi connectivity index (χ0) is 14.8. The van der Waals surface area contributed by atoms with E-state index in [2.05, 4.69) is 4.98 Å². The molecule has 21 heavy (non-hydrogen) atoms. The maximum atomic E-state index is 12.4. The second kappa shape index (κ2) is 5.71. The molecule has 112 valence electrons. The van der Waals surface area contributed by atoms with Crippen LogP contribution in [0.15, 0.2) is 18.3 Å². The van der Waals surface area contributed by atoms with Crippen LogP contribution in [0.4, 0.5) is 0 Å². The molecule has 1 aromatic heterocycles. The second-order valence-corrected chi connectivity index (χ2v) is 5.63. The maximum Gasteiger partial charge on any atom is 0.308 e. The van der Waals surface area contributed by atoms with Gasteiger partial charge in [0.05, 0.1) is 5.92 Å². The highest BCUT2D eigenvalue weighted by Gasteiger charge is 2.31. The summed E-state index contributed by atoms with van der Waals surface area (Å²) in [5.74, 6) is -0.977. The molecule has 1 aliphatic heterocycles. The van der Waals surface area contributed by atoms with Crippen LogP contribution in [0.2, 0.25) is 0 Å². The van der Waals surface area contributed by atoms with Crippen molar-refractivity contribution in [1.82, 2.24) is 9.88 Å². The van der Waals surface area contributed by atoms with Gasteiger partial charge in [0, 0.05) is 30.9 Å². The topological polar surface area (TPSA) is 79.7 Å². The molecular weight excluding hydrogens is 272 g/mol. The zero-order valence-electron chi connectivity index (χ0n) is 11.7. The van der Waals surface area contributed by atoms with E-state index in [0.29, 0.717) is 24.4 Å². The van der Waals surface area contributed by atoms with Crippen molar-refractivity contribution in [3.05, 3.63) is 23.9 Å². The number of hydrogen-bond acceptors (Lipinski definition) is 4. The van der Waals surface area contributed by atoms with Crippen LogP contribution in [0.1, 0.15) is 36.0 Å². The molecule has 2 heterocycles. The van der Waals surface area contributed by atoms with E-state index in [4.69, 9.17) is 9.84 Å². The number of carbonyl (C=O) groups excluding carboxylic acids is 1. The van der Waals surface area contributed by atoms with Gasteiger partial charge in [0.1, 0.15) is 6.10 Å². The van der Waals surface area contributed by atoms with Crippen LogP contribution in [-0.4, -0.2) is 46.1 Å². The Kier molecular flexibility index (Phi) is 3.77. The molecular formula is C15H18N2O4. The lowest BCUT2D eigenvalue weighted by Crippen LogP contribution is -2.30. The number of aromatic nitrogens is 1. The molecule has 6 nitrogen and oxygen atoms in total. The summed E-state index contributed by atoms with van der Waals surface area (Å²) >= 11 is 0. The van der Waals surface area contributed by atoms with Crippen molar-refractivity contribution in [3.63, 3.8) is 0 Å². The molecule has 2 aliphatic rings. The Bertz CT molecular complexity index is 556. The molecule has 1 aromatic rings. The molecule has 1 N–H and O–H groups in total. The summed E-state index contributed by atoms with van der Waals surface area (Å²) in [5.41, 5.74) is 0.505. The molecule has 1 aliphatic carbocycles. The van der Waals surface area contributed by atoms with Crippen LogP contribution >= 0.6 is 0 Å². The quantitative estimate of drug-likeness (QED) is 0.910. The van der Waals surface area contributed by atoms with Gasteiger partial charge in [0.25, 0.3) is 5.91 Å². The summed E-state index contributed by atoms with van der Waals surface area (Å²) in [6.45, 7) is 0.756. The number of carboxylic acids is 1. The Balaban J connectivity index is 1.67. The van der Waals surface area contributed by atoms with Gasteiger partial charge >= 0.3 is 5.97 Å². The van der Waals surface area contributed by atoms with E-state index in [1.807, 2.05) is 0 Å². The first-order valence-corrected chi connectivity index (χ1v) is 7.28. The fourth-order valence-electron chi connectivity index (χ4n) is 2.60. The van der Waals surface area contributed by atoms with Crippen LogP contribution in [-0.2, 0) is 4.79 Å². The van der Waals surface area contributed by atoms with E-state index in [1.165, 1.54) is 6.42 Å². The average molecular weight is 290 g/mol. The number of amides is 1. The SMILES string of the molecule is O=C(O)C1CCN(C(=O)c2ccnc(OC3CCC3)c2)C1. The lowest BCUT2D eigenvalue weighted by atomic mass is 9.96. The van der Waals surface area contributed by atoms with E-state index in [9.17, 15) is 9.59 Å². The van der Waals surface area contributed by atoms with Crippen molar-refractivity contribution in [2.45, 2.75) is 31.8 Å². The predicted octanol–water partition coefficient (Wildman–Crippen LogP) is 1.56. The van der Waals surface area contributed by atoms with Crippen LogP contribution in [0, 0.1) is 5.92 Å². The average Bonchev–Trinajstić information content (AvgIpc) is 2.92. The smallest absolute Gasteiger partial charge is 0.308 e. The van der Waals surface area contributed by atoms with Gasteiger partial charge in [-0.15, -0.1) is 0 Å². The molecule has 1 saturated heterocycles. The molecule has 6 heteroatoms. The van der Waals surface area contributed by atoms with Gasteiger partial charge in [-0.1, -0.05) is 0 Å². The monoisotopic (exact) mass is 290 g/mol. The minimum atomic E-state index is -0.839. The summed E-state index contributed by atoms with van der Waals surface area (Å²) in [6, 6.07) is 3.29. The first-order chi connectivity index (χ1) is 10.1. The number of rotatable bonds is 4. The summed E-state index contributed by atoms with van der Waals surface area (Å²) < 4.78 is 5.69. The van der Waals surface area contributed by atoms with Gasteiger partial charge in [0.2, 0.25) is 5.88 Å². The number of likely N-dealkylation sites (tertiary alicyclic amines) is 1. The third-order valence-corrected chi connectivity index (χ3v) is 4.15. The molecule has 2 fully saturated rings. The van der Waals surface area contributed by atoms with E-state index < -0.39 is 11.9 Å². The van der Waals surface area contributed by atoms with Gasteiger partial charge in [-0.3, -0.25) is 9.59 Å². The first-order valence-electron chi connectivity index (χ1n) is 7.28. The highest BCUT2D eigenvalue weighted by Crippen LogP contribution is 2.25. The molecule has 1 atom stereocenters. The number of carboxylic acid groups (broad SMARTS) is 1. The van der Waals surface area contributed by atoms with Gasteiger partial charge < -0.3 is 14.7 Å². The van der Waals surface area contributed by atoms with Crippen LogP contribution in [0.25, 0.3) is 0 Å². The van der Waals surface area contributed by atoms with Gasteiger partial charge in [-0.05, 0) is 31.7 Å². The maximum absolute atomic E-state index is 12.4. The largest absolute Gasteiger partial charge is 0.481 e. The normalized spacial score (nSPS) is 21.9. The van der Waals surface area contributed by atoms with Gasteiger partial charge in [-0.2, -0.15) is 0 Å². The van der Waals surface area contributed by atoms with Crippen molar-refractivity contribution >= 4 is 11.9 Å². The third kappa shape index (κ3) is 2.99. The first kappa shape index (κ1) is 13.9. The van der Waals surface area contributed by atoms with Crippen molar-refractivity contribution in [1.29, 1.82) is 0 Å². The van der Waals surface area contributed by atoms with E-state index in [0.717, 1.165) is 12.8 Å². The molecule has 0 radical (unpaired) electrons. The van der Waals surface area contributed by atoms with Crippen LogP contribution in [0.5, 0.6) is 5.88 Å². The molecule has 1 amide bonds. The highest BCUT2D eigenvalue weighted by molar-refractivity contribution is 5.95. The number of hydrogen-bond donors (Lipinski definition) is 1. The van der Waals surface area contributed by atoms with E-state index in [1.54, 1.807) is 23.2 Å². The lowest BCUT2D eigenvalue weighted by Gasteiger charge is -2.25. The molecule has 3 rings (SSSR count). The number of nitrogens with zero attached hydrogens (tertiary/aromatic N) is 2. The number of ether oxygens (including phenoxy) is 1. The fraction of sp³-hybridized carbons (Fsp3) is 0.533. The zero-order valence-corrected chi connectivity index (χ0v) is 11.7. The minimum Gasteiger partial charge on any atom is -0.481 e. The summed E-state index contributed by atoms with van der Waals surface area (Å²) in [6.07, 6.45) is 5.53. The van der Waals surface area contributed by atoms with Crippen molar-refractivity contribution in [2.24, 2.45) is 5.92 Å². The third-order valence-electron chi connectivity index (χ3n) is 4.15. The number of carbonyl (C=O) groups is 2. The summed E-state index contributed by atoms with van der Waals surface area (Å²) in [4.78, 5) is 29.1. The Morgan fingerprint density at radius 3 is 2.76 bits per heavy atom. The van der Waals surface area contributed by atoms with Crippen molar-refractivity contribution in [2.75, 3.05) is 13.1 Å². The number of aliphatic carboxylic acids is 1. The number of pyridine rings is 1. The second-order valence-electron chi connectivity index (χ2n) is 5.63. The predicted molar refractivity (Wildman–Crippen MR) is 74.2 cm³/mol. The lowest BCUT2D eigenvalue weighted by molar-refractivity contribution is -0.141. The van der Waals surface area contributed by atoms with Crippen LogP contribution < -0.4 is 4.74 Å². The Hall–Kier alpha value is -2.11. The van der Waals surface area contributed by atoms with Crippen LogP contribution in [0.3, 0.4) is 0 Å². The van der Waals surface area contributed by atoms with E-state index in [-0.39, 0.29) is 18.6 Å². The Morgan fingerprint density at radius 1 is 1.33 bits per heavy atom. The van der Waals surface area contributed by atoms with Crippen molar-refractivity contribution < 1.29 is 19.4 Å². The molecule has 1 unspecified atom stereocenters. The Labute approximate surface area is 122 Å². The molecule has 0 spiro atoms. The van der Waals surface area contributed by atoms with E-state index >= 15 is 0 Å². The fourth-order valence-corrected chi connectivity index (χ4v) is 2.60. The molecule has 1 saturated carbocycles.